The molecule has 4 aromatic rings. The van der Waals surface area contributed by atoms with Gasteiger partial charge in [-0.05, 0) is 18.6 Å². The van der Waals surface area contributed by atoms with Crippen LogP contribution >= 0.6 is 0 Å². The van der Waals surface area contributed by atoms with E-state index in [9.17, 15) is 24.6 Å². The van der Waals surface area contributed by atoms with E-state index < -0.39 is 22.2 Å². The first-order valence-electron chi connectivity index (χ1n) is 6.98. The number of phenolic OH excluding ortho intramolecular Hbond substituents is 2. The molecule has 0 aliphatic rings. The largest absolute Gasteiger partial charge is 0.507 e. The third-order valence-electron chi connectivity index (χ3n) is 4.27. The third kappa shape index (κ3) is 1.48. The smallest absolute Gasteiger partial charge is 0.344 e. The topological polar surface area (TPSA) is 114 Å². The molecule has 0 bridgehead atoms. The molecular formula is C17H10O7. The van der Waals surface area contributed by atoms with Crippen molar-refractivity contribution in [1.82, 2.24) is 0 Å². The quantitative estimate of drug-likeness (QED) is 0.309. The van der Waals surface area contributed by atoms with E-state index in [2.05, 4.69) is 0 Å². The maximum absolute atomic E-state index is 12.5. The maximum Gasteiger partial charge on any atom is 0.344 e. The van der Waals surface area contributed by atoms with E-state index in [0.29, 0.717) is 0 Å². The molecule has 3 aromatic carbocycles. The summed E-state index contributed by atoms with van der Waals surface area (Å²) in [6, 6.07) is 2.65. The fourth-order valence-electron chi connectivity index (χ4n) is 3.16. The molecule has 0 saturated carbocycles. The Labute approximate surface area is 132 Å². The molecule has 0 fully saturated rings. The van der Waals surface area contributed by atoms with Crippen molar-refractivity contribution in [3.8, 4) is 17.2 Å². The minimum Gasteiger partial charge on any atom is -0.507 e. The summed E-state index contributed by atoms with van der Waals surface area (Å²) >= 11 is 0. The van der Waals surface area contributed by atoms with Crippen molar-refractivity contribution in [3.05, 3.63) is 48.6 Å². The summed E-state index contributed by atoms with van der Waals surface area (Å²) in [5.74, 6) is -0.973. The number of rotatable bonds is 1. The number of methoxy groups -OCH3 is 1. The molecule has 0 spiro atoms. The Morgan fingerprint density at radius 1 is 0.917 bits per heavy atom. The van der Waals surface area contributed by atoms with Gasteiger partial charge >= 0.3 is 5.63 Å². The van der Waals surface area contributed by atoms with E-state index >= 15 is 0 Å². The zero-order valence-electron chi connectivity index (χ0n) is 12.6. The zero-order valence-corrected chi connectivity index (χ0v) is 12.6. The fourth-order valence-corrected chi connectivity index (χ4v) is 3.16. The van der Waals surface area contributed by atoms with Gasteiger partial charge in [-0.2, -0.15) is 0 Å². The highest BCUT2D eigenvalue weighted by Crippen LogP contribution is 2.41. The number of ether oxygens (including phenoxy) is 1. The molecule has 1 aromatic heterocycles. The molecule has 4 rings (SSSR count). The van der Waals surface area contributed by atoms with E-state index in [0.717, 1.165) is 0 Å². The van der Waals surface area contributed by atoms with Crippen molar-refractivity contribution in [2.75, 3.05) is 7.11 Å². The number of hydrogen-bond acceptors (Lipinski definition) is 7. The lowest BCUT2D eigenvalue weighted by Crippen LogP contribution is -2.25. The summed E-state index contributed by atoms with van der Waals surface area (Å²) in [4.78, 5) is 37.2. The van der Waals surface area contributed by atoms with E-state index in [4.69, 9.17) is 9.15 Å². The Bertz CT molecular complexity index is 1320. The van der Waals surface area contributed by atoms with E-state index in [1.54, 1.807) is 0 Å². The van der Waals surface area contributed by atoms with Gasteiger partial charge in [-0.15, -0.1) is 0 Å². The van der Waals surface area contributed by atoms with Crippen LogP contribution < -0.4 is 21.2 Å². The molecule has 1 heterocycles. The summed E-state index contributed by atoms with van der Waals surface area (Å²) in [6.07, 6.45) is 0. The molecule has 0 aliphatic carbocycles. The van der Waals surface area contributed by atoms with Crippen LogP contribution in [0.1, 0.15) is 5.56 Å². The lowest BCUT2D eigenvalue weighted by Gasteiger charge is -2.13. The molecule has 120 valence electrons. The second-order valence-corrected chi connectivity index (χ2v) is 5.56. The summed E-state index contributed by atoms with van der Waals surface area (Å²) in [5, 5.41) is 20.2. The van der Waals surface area contributed by atoms with Gasteiger partial charge in [0.15, 0.2) is 11.5 Å². The Balaban J connectivity index is 2.57. The number of phenols is 2. The van der Waals surface area contributed by atoms with Gasteiger partial charge in [-0.1, -0.05) is 0 Å². The lowest BCUT2D eigenvalue weighted by molar-refractivity contribution is 0.376. The Kier molecular flexibility index (Phi) is 2.58. The van der Waals surface area contributed by atoms with Crippen LogP contribution in [0.25, 0.3) is 32.5 Å². The van der Waals surface area contributed by atoms with Gasteiger partial charge in [0.1, 0.15) is 11.3 Å². The molecule has 0 saturated heterocycles. The number of aromatic hydroxyl groups is 2. The molecule has 0 atom stereocenters. The van der Waals surface area contributed by atoms with Gasteiger partial charge in [-0.3, -0.25) is 9.59 Å². The molecule has 0 aliphatic heterocycles. The van der Waals surface area contributed by atoms with Crippen LogP contribution in [0, 0.1) is 6.92 Å². The third-order valence-corrected chi connectivity index (χ3v) is 4.27. The second kappa shape index (κ2) is 4.35. The van der Waals surface area contributed by atoms with Crippen LogP contribution in [0.2, 0.25) is 0 Å². The first-order chi connectivity index (χ1) is 11.4. The summed E-state index contributed by atoms with van der Waals surface area (Å²) < 4.78 is 10.2. The molecule has 7 heteroatoms. The van der Waals surface area contributed by atoms with Crippen LogP contribution in [0.15, 0.2) is 30.9 Å². The Hall–Kier alpha value is -3.35. The van der Waals surface area contributed by atoms with Crippen molar-refractivity contribution in [1.29, 1.82) is 0 Å². The number of benzene rings is 3. The average Bonchev–Trinajstić information content (AvgIpc) is 2.55. The van der Waals surface area contributed by atoms with Gasteiger partial charge < -0.3 is 19.4 Å². The standard InChI is InChI=1S/C17H10O7/c1-5-3-6-9-10-7(24-17(6)22)4-8(23-2)14(19)12(10)16(21)15(20)11(9)13(5)18/h3-4,18-19H,1-2H3. The lowest BCUT2D eigenvalue weighted by atomic mass is 9.94. The molecule has 0 radical (unpaired) electrons. The van der Waals surface area contributed by atoms with Crippen molar-refractivity contribution >= 4 is 32.5 Å². The van der Waals surface area contributed by atoms with Crippen molar-refractivity contribution in [2.24, 2.45) is 0 Å². The predicted octanol–water partition coefficient (Wildman–Crippen LogP) is 1.42. The van der Waals surface area contributed by atoms with E-state index in [-0.39, 0.29) is 49.6 Å². The van der Waals surface area contributed by atoms with Gasteiger partial charge in [0, 0.05) is 16.8 Å². The van der Waals surface area contributed by atoms with Crippen LogP contribution in [0.3, 0.4) is 0 Å². The predicted molar refractivity (Wildman–Crippen MR) is 87.0 cm³/mol. The first kappa shape index (κ1) is 14.3. The fraction of sp³-hybridized carbons (Fsp3) is 0.118. The monoisotopic (exact) mass is 326 g/mol. The first-order valence-corrected chi connectivity index (χ1v) is 6.98. The highest BCUT2D eigenvalue weighted by atomic mass is 16.5. The van der Waals surface area contributed by atoms with E-state index in [1.165, 1.54) is 26.2 Å². The minimum atomic E-state index is -1.00. The maximum atomic E-state index is 12.5. The van der Waals surface area contributed by atoms with E-state index in [1.807, 2.05) is 0 Å². The summed E-state index contributed by atoms with van der Waals surface area (Å²) in [6.45, 7) is 1.51. The summed E-state index contributed by atoms with van der Waals surface area (Å²) in [7, 11) is 1.27. The van der Waals surface area contributed by atoms with Crippen molar-refractivity contribution in [3.63, 3.8) is 0 Å². The van der Waals surface area contributed by atoms with Crippen LogP contribution in [0.4, 0.5) is 0 Å². The summed E-state index contributed by atoms with van der Waals surface area (Å²) in [5.41, 5.74) is -2.46. The molecule has 0 amide bonds. The number of hydrogen-bond donors (Lipinski definition) is 2. The average molecular weight is 326 g/mol. The van der Waals surface area contributed by atoms with Gasteiger partial charge in [-0.25, -0.2) is 4.79 Å². The molecule has 2 N–H and O–H groups in total. The van der Waals surface area contributed by atoms with Crippen molar-refractivity contribution in [2.45, 2.75) is 6.92 Å². The van der Waals surface area contributed by atoms with Crippen molar-refractivity contribution < 1.29 is 19.4 Å². The Morgan fingerprint density at radius 2 is 1.54 bits per heavy atom. The van der Waals surface area contributed by atoms with Gasteiger partial charge in [0.25, 0.3) is 0 Å². The highest BCUT2D eigenvalue weighted by Gasteiger charge is 2.25. The van der Waals surface area contributed by atoms with Crippen LogP contribution in [-0.4, -0.2) is 17.3 Å². The minimum absolute atomic E-state index is 0.0116. The molecule has 24 heavy (non-hydrogen) atoms. The van der Waals surface area contributed by atoms with Gasteiger partial charge in [0.05, 0.1) is 23.3 Å². The van der Waals surface area contributed by atoms with Crippen LogP contribution in [0.5, 0.6) is 17.2 Å². The Morgan fingerprint density at radius 3 is 2.17 bits per heavy atom. The van der Waals surface area contributed by atoms with Crippen LogP contribution in [-0.2, 0) is 0 Å². The molecular weight excluding hydrogens is 316 g/mol. The second-order valence-electron chi connectivity index (χ2n) is 5.56. The normalized spacial score (nSPS) is 11.8. The van der Waals surface area contributed by atoms with Gasteiger partial charge in [0.2, 0.25) is 10.9 Å². The highest BCUT2D eigenvalue weighted by molar-refractivity contribution is 6.24. The molecule has 7 nitrogen and oxygen atoms in total. The SMILES string of the molecule is COc1cc2oc(=O)c3cc(C)c(O)c4c(=O)c(=O)c(c1O)c2c34. The molecule has 0 unspecified atom stereocenters. The number of aryl methyl sites for hydroxylation is 1. The zero-order chi connectivity index (χ0) is 17.3.